The van der Waals surface area contributed by atoms with Gasteiger partial charge in [-0.1, -0.05) is 0 Å². The van der Waals surface area contributed by atoms with E-state index in [1.165, 1.54) is 11.3 Å². The summed E-state index contributed by atoms with van der Waals surface area (Å²) in [5.41, 5.74) is 0.703. The number of carbonyl (C=O) groups is 1. The monoisotopic (exact) mass is 306 g/mol. The Hall–Kier alpha value is -0.430. The number of thiophene rings is 1. The Balaban J connectivity index is 2.11. The zero-order chi connectivity index (χ0) is 11.8. The third kappa shape index (κ3) is 5.07. The third-order valence-electron chi connectivity index (χ3n) is 1.90. The summed E-state index contributed by atoms with van der Waals surface area (Å²) in [5.74, 6) is -0.0320. The number of ether oxygens (including phenoxy) is 1. The fourth-order valence-corrected chi connectivity index (χ4v) is 2.23. The van der Waals surface area contributed by atoms with Crippen LogP contribution in [0.15, 0.2) is 15.2 Å². The van der Waals surface area contributed by atoms with Crippen LogP contribution in [0.1, 0.15) is 10.4 Å². The Labute approximate surface area is 108 Å². The molecule has 90 valence electrons. The van der Waals surface area contributed by atoms with Crippen LogP contribution in [0.2, 0.25) is 0 Å². The summed E-state index contributed by atoms with van der Waals surface area (Å²) >= 11 is 4.83. The first-order chi connectivity index (χ1) is 7.74. The zero-order valence-electron chi connectivity index (χ0n) is 9.09. The number of carbonyl (C=O) groups excluding carboxylic acids is 1. The van der Waals surface area contributed by atoms with Gasteiger partial charge in [0, 0.05) is 32.1 Å². The molecule has 0 atom stereocenters. The van der Waals surface area contributed by atoms with Gasteiger partial charge in [-0.25, -0.2) is 0 Å². The summed E-state index contributed by atoms with van der Waals surface area (Å²) in [5, 5.41) is 7.82. The number of hydrogen-bond acceptors (Lipinski definition) is 4. The molecule has 16 heavy (non-hydrogen) atoms. The normalized spacial score (nSPS) is 10.4. The van der Waals surface area contributed by atoms with Gasteiger partial charge in [-0.2, -0.15) is 0 Å². The number of methoxy groups -OCH3 is 1. The summed E-state index contributed by atoms with van der Waals surface area (Å²) in [7, 11) is 1.66. The van der Waals surface area contributed by atoms with E-state index in [1.54, 1.807) is 7.11 Å². The second-order valence-electron chi connectivity index (χ2n) is 3.14. The molecule has 0 radical (unpaired) electrons. The fourth-order valence-electron chi connectivity index (χ4n) is 1.09. The molecule has 0 fully saturated rings. The van der Waals surface area contributed by atoms with Crippen LogP contribution >= 0.6 is 27.3 Å². The lowest BCUT2D eigenvalue weighted by molar-refractivity contribution is 0.0954. The van der Waals surface area contributed by atoms with E-state index in [2.05, 4.69) is 26.6 Å². The van der Waals surface area contributed by atoms with Crippen LogP contribution in [0.25, 0.3) is 0 Å². The van der Waals surface area contributed by atoms with Crippen molar-refractivity contribution < 1.29 is 9.53 Å². The van der Waals surface area contributed by atoms with Crippen LogP contribution in [0, 0.1) is 0 Å². The van der Waals surface area contributed by atoms with Gasteiger partial charge in [0.1, 0.15) is 0 Å². The van der Waals surface area contributed by atoms with Crippen LogP contribution in [-0.4, -0.2) is 39.3 Å². The smallest absolute Gasteiger partial charge is 0.252 e. The summed E-state index contributed by atoms with van der Waals surface area (Å²) in [6.45, 7) is 2.86. The molecule has 0 spiro atoms. The van der Waals surface area contributed by atoms with E-state index in [0.29, 0.717) is 18.7 Å². The van der Waals surface area contributed by atoms with Crippen molar-refractivity contribution in [1.29, 1.82) is 0 Å². The SMILES string of the molecule is COCCNCCNC(=O)c1csc(Br)c1. The molecule has 0 saturated heterocycles. The van der Waals surface area contributed by atoms with E-state index in [0.717, 1.165) is 16.9 Å². The molecular weight excluding hydrogens is 292 g/mol. The lowest BCUT2D eigenvalue weighted by atomic mass is 10.3. The second kappa shape index (κ2) is 7.78. The molecule has 0 aliphatic heterocycles. The van der Waals surface area contributed by atoms with E-state index in [9.17, 15) is 4.79 Å². The quantitative estimate of drug-likeness (QED) is 0.750. The highest BCUT2D eigenvalue weighted by Gasteiger charge is 2.06. The molecule has 1 amide bonds. The highest BCUT2D eigenvalue weighted by atomic mass is 79.9. The van der Waals surface area contributed by atoms with Crippen LogP contribution < -0.4 is 10.6 Å². The molecule has 1 aromatic rings. The molecule has 0 aliphatic carbocycles. The Bertz CT molecular complexity index is 330. The van der Waals surface area contributed by atoms with Gasteiger partial charge in [-0.15, -0.1) is 11.3 Å². The summed E-state index contributed by atoms with van der Waals surface area (Å²) in [6.07, 6.45) is 0. The molecule has 0 bridgehead atoms. The lowest BCUT2D eigenvalue weighted by Gasteiger charge is -2.05. The molecule has 4 nitrogen and oxygen atoms in total. The summed E-state index contributed by atoms with van der Waals surface area (Å²) < 4.78 is 5.86. The first-order valence-corrected chi connectivity index (χ1v) is 6.63. The Kier molecular flexibility index (Phi) is 6.63. The number of rotatable bonds is 7. The Morgan fingerprint density at radius 3 is 2.94 bits per heavy atom. The Morgan fingerprint density at radius 2 is 2.31 bits per heavy atom. The van der Waals surface area contributed by atoms with Gasteiger partial charge in [-0.3, -0.25) is 4.79 Å². The van der Waals surface area contributed by atoms with Crippen molar-refractivity contribution in [3.8, 4) is 0 Å². The predicted molar refractivity (Wildman–Crippen MR) is 69.1 cm³/mol. The van der Waals surface area contributed by atoms with Gasteiger partial charge in [-0.05, 0) is 22.0 Å². The van der Waals surface area contributed by atoms with Crippen molar-refractivity contribution in [3.05, 3.63) is 20.8 Å². The van der Waals surface area contributed by atoms with Crippen LogP contribution in [0.3, 0.4) is 0 Å². The minimum absolute atomic E-state index is 0.0320. The van der Waals surface area contributed by atoms with Gasteiger partial charge in [0.2, 0.25) is 0 Å². The second-order valence-corrected chi connectivity index (χ2v) is 5.43. The van der Waals surface area contributed by atoms with Crippen LogP contribution in [0.5, 0.6) is 0 Å². The predicted octanol–water partition coefficient (Wildman–Crippen LogP) is 1.48. The molecule has 0 aromatic carbocycles. The van der Waals surface area contributed by atoms with Crippen molar-refractivity contribution in [2.45, 2.75) is 0 Å². The largest absolute Gasteiger partial charge is 0.383 e. The molecule has 0 aliphatic rings. The minimum atomic E-state index is -0.0320. The highest BCUT2D eigenvalue weighted by Crippen LogP contribution is 2.20. The van der Waals surface area contributed by atoms with Gasteiger partial charge in [0.25, 0.3) is 5.91 Å². The molecule has 1 aromatic heterocycles. The van der Waals surface area contributed by atoms with E-state index in [-0.39, 0.29) is 5.91 Å². The van der Waals surface area contributed by atoms with Crippen LogP contribution in [-0.2, 0) is 4.74 Å². The maximum absolute atomic E-state index is 11.6. The lowest BCUT2D eigenvalue weighted by Crippen LogP contribution is -2.32. The van der Waals surface area contributed by atoms with Gasteiger partial charge in [0.05, 0.1) is 16.0 Å². The average Bonchev–Trinajstić information content (AvgIpc) is 2.70. The maximum atomic E-state index is 11.6. The number of hydrogen-bond donors (Lipinski definition) is 2. The third-order valence-corrected chi connectivity index (χ3v) is 3.40. The van der Waals surface area contributed by atoms with Crippen molar-refractivity contribution in [3.63, 3.8) is 0 Å². The van der Waals surface area contributed by atoms with E-state index < -0.39 is 0 Å². The zero-order valence-corrected chi connectivity index (χ0v) is 11.5. The first kappa shape index (κ1) is 13.6. The van der Waals surface area contributed by atoms with E-state index in [1.807, 2.05) is 11.4 Å². The van der Waals surface area contributed by atoms with Crippen LogP contribution in [0.4, 0.5) is 0 Å². The molecule has 6 heteroatoms. The highest BCUT2D eigenvalue weighted by molar-refractivity contribution is 9.11. The number of halogens is 1. The summed E-state index contributed by atoms with van der Waals surface area (Å²) in [4.78, 5) is 11.6. The topological polar surface area (TPSA) is 50.4 Å². The number of nitrogens with one attached hydrogen (secondary N) is 2. The van der Waals surface area contributed by atoms with Crippen molar-refractivity contribution >= 4 is 33.2 Å². The van der Waals surface area contributed by atoms with Crippen molar-refractivity contribution in [2.24, 2.45) is 0 Å². The van der Waals surface area contributed by atoms with Crippen molar-refractivity contribution in [2.75, 3.05) is 33.4 Å². The minimum Gasteiger partial charge on any atom is -0.383 e. The average molecular weight is 307 g/mol. The standard InChI is InChI=1S/C10H15BrN2O2S/c1-15-5-4-12-2-3-13-10(14)8-6-9(11)16-7-8/h6-7,12H,2-5H2,1H3,(H,13,14). The maximum Gasteiger partial charge on any atom is 0.252 e. The molecule has 2 N–H and O–H groups in total. The summed E-state index contributed by atoms with van der Waals surface area (Å²) in [6, 6.07) is 1.82. The van der Waals surface area contributed by atoms with E-state index in [4.69, 9.17) is 4.74 Å². The van der Waals surface area contributed by atoms with Gasteiger partial charge in [0.15, 0.2) is 0 Å². The molecule has 1 rings (SSSR count). The van der Waals surface area contributed by atoms with Gasteiger partial charge >= 0.3 is 0 Å². The van der Waals surface area contributed by atoms with Crippen molar-refractivity contribution in [1.82, 2.24) is 10.6 Å². The fraction of sp³-hybridized carbons (Fsp3) is 0.500. The molecular formula is C10H15BrN2O2S. The molecule has 0 saturated carbocycles. The van der Waals surface area contributed by atoms with Gasteiger partial charge < -0.3 is 15.4 Å². The van der Waals surface area contributed by atoms with E-state index >= 15 is 0 Å². The first-order valence-electron chi connectivity index (χ1n) is 4.96. The molecule has 0 unspecified atom stereocenters. The Morgan fingerprint density at radius 1 is 1.50 bits per heavy atom. The number of amides is 1. The molecule has 1 heterocycles.